The standard InChI is InChI=1S/C18H28N6O/c1-5-19-18(21-12-17-22-13-23-24(17)4)20-10-11-25-16-9-7-6-8-15(16)14(2)3/h6-9,13-14H,5,10-12H2,1-4H3,(H2,19,20,21). The van der Waals surface area contributed by atoms with Gasteiger partial charge < -0.3 is 15.4 Å². The number of nitrogens with zero attached hydrogens (tertiary/aromatic N) is 4. The number of aryl methyl sites for hydroxylation is 1. The van der Waals surface area contributed by atoms with Gasteiger partial charge in [-0.25, -0.2) is 9.98 Å². The van der Waals surface area contributed by atoms with Crippen molar-refractivity contribution in [2.75, 3.05) is 19.7 Å². The molecule has 0 unspecified atom stereocenters. The summed E-state index contributed by atoms with van der Waals surface area (Å²) in [5.74, 6) is 2.94. The molecule has 7 heteroatoms. The molecule has 0 amide bonds. The second-order valence-electron chi connectivity index (χ2n) is 5.96. The molecule has 25 heavy (non-hydrogen) atoms. The maximum Gasteiger partial charge on any atom is 0.191 e. The van der Waals surface area contributed by atoms with Crippen LogP contribution >= 0.6 is 0 Å². The number of rotatable bonds is 8. The molecule has 1 aromatic carbocycles. The van der Waals surface area contributed by atoms with Crippen LogP contribution in [0.4, 0.5) is 0 Å². The minimum absolute atomic E-state index is 0.439. The van der Waals surface area contributed by atoms with Gasteiger partial charge in [0.1, 0.15) is 31.1 Å². The van der Waals surface area contributed by atoms with Gasteiger partial charge in [0.05, 0.1) is 6.54 Å². The molecule has 2 rings (SSSR count). The van der Waals surface area contributed by atoms with E-state index in [0.717, 1.165) is 24.1 Å². The molecule has 136 valence electrons. The third kappa shape index (κ3) is 5.77. The van der Waals surface area contributed by atoms with Crippen molar-refractivity contribution < 1.29 is 4.74 Å². The van der Waals surface area contributed by atoms with Crippen LogP contribution in [-0.4, -0.2) is 40.4 Å². The maximum atomic E-state index is 5.92. The predicted molar refractivity (Wildman–Crippen MR) is 99.8 cm³/mol. The number of guanidine groups is 1. The molecule has 0 saturated carbocycles. The molecular weight excluding hydrogens is 316 g/mol. The molecule has 2 aromatic rings. The first-order valence-electron chi connectivity index (χ1n) is 8.68. The summed E-state index contributed by atoms with van der Waals surface area (Å²) in [7, 11) is 1.86. The average Bonchev–Trinajstić information content (AvgIpc) is 3.01. The second kappa shape index (κ2) is 9.66. The number of benzene rings is 1. The highest BCUT2D eigenvalue weighted by Gasteiger charge is 2.07. The van der Waals surface area contributed by atoms with E-state index in [1.54, 1.807) is 4.68 Å². The first-order chi connectivity index (χ1) is 12.1. The minimum Gasteiger partial charge on any atom is -0.491 e. The number of ether oxygens (including phenoxy) is 1. The highest BCUT2D eigenvalue weighted by Crippen LogP contribution is 2.25. The van der Waals surface area contributed by atoms with E-state index in [4.69, 9.17) is 4.74 Å². The zero-order valence-corrected chi connectivity index (χ0v) is 15.5. The average molecular weight is 344 g/mol. The van der Waals surface area contributed by atoms with Crippen LogP contribution in [0.25, 0.3) is 0 Å². The molecule has 0 spiro atoms. The molecule has 0 saturated heterocycles. The summed E-state index contributed by atoms with van der Waals surface area (Å²) >= 11 is 0. The van der Waals surface area contributed by atoms with E-state index in [1.165, 1.54) is 11.9 Å². The fourth-order valence-electron chi connectivity index (χ4n) is 2.37. The first-order valence-corrected chi connectivity index (χ1v) is 8.68. The SMILES string of the molecule is CCNC(=NCc1ncnn1C)NCCOc1ccccc1C(C)C. The van der Waals surface area contributed by atoms with Crippen LogP contribution < -0.4 is 15.4 Å². The van der Waals surface area contributed by atoms with E-state index in [1.807, 2.05) is 32.2 Å². The van der Waals surface area contributed by atoms with Crippen molar-refractivity contribution in [2.24, 2.45) is 12.0 Å². The monoisotopic (exact) mass is 344 g/mol. The van der Waals surface area contributed by atoms with Crippen molar-refractivity contribution in [3.05, 3.63) is 42.0 Å². The molecular formula is C18H28N6O. The van der Waals surface area contributed by atoms with Gasteiger partial charge in [-0.05, 0) is 24.5 Å². The Morgan fingerprint density at radius 1 is 1.28 bits per heavy atom. The highest BCUT2D eigenvalue weighted by molar-refractivity contribution is 5.79. The summed E-state index contributed by atoms with van der Waals surface area (Å²) in [6.45, 7) is 8.88. The van der Waals surface area contributed by atoms with Gasteiger partial charge in [-0.2, -0.15) is 5.10 Å². The van der Waals surface area contributed by atoms with Gasteiger partial charge in [-0.3, -0.25) is 4.68 Å². The molecule has 0 fully saturated rings. The lowest BCUT2D eigenvalue weighted by Crippen LogP contribution is -2.39. The molecule has 0 bridgehead atoms. The molecule has 0 radical (unpaired) electrons. The van der Waals surface area contributed by atoms with Crippen LogP contribution in [0.3, 0.4) is 0 Å². The Morgan fingerprint density at radius 3 is 2.76 bits per heavy atom. The highest BCUT2D eigenvalue weighted by atomic mass is 16.5. The summed E-state index contributed by atoms with van der Waals surface area (Å²) in [5, 5.41) is 10.5. The fourth-order valence-corrected chi connectivity index (χ4v) is 2.37. The van der Waals surface area contributed by atoms with Crippen molar-refractivity contribution in [3.63, 3.8) is 0 Å². The van der Waals surface area contributed by atoms with Crippen LogP contribution in [0.2, 0.25) is 0 Å². The Hall–Kier alpha value is -2.57. The van der Waals surface area contributed by atoms with Crippen LogP contribution in [0, 0.1) is 0 Å². The molecule has 7 nitrogen and oxygen atoms in total. The lowest BCUT2D eigenvalue weighted by atomic mass is 10.0. The number of hydrogen-bond acceptors (Lipinski definition) is 4. The van der Waals surface area contributed by atoms with Crippen molar-refractivity contribution >= 4 is 5.96 Å². The molecule has 2 N–H and O–H groups in total. The van der Waals surface area contributed by atoms with Crippen LogP contribution in [0.15, 0.2) is 35.6 Å². The zero-order chi connectivity index (χ0) is 18.1. The van der Waals surface area contributed by atoms with Gasteiger partial charge in [-0.1, -0.05) is 32.0 Å². The Morgan fingerprint density at radius 2 is 2.08 bits per heavy atom. The van der Waals surface area contributed by atoms with Gasteiger partial charge in [0.15, 0.2) is 5.96 Å². The smallest absolute Gasteiger partial charge is 0.191 e. The lowest BCUT2D eigenvalue weighted by Gasteiger charge is -2.15. The summed E-state index contributed by atoms with van der Waals surface area (Å²) in [6.07, 6.45) is 1.53. The predicted octanol–water partition coefficient (Wildman–Crippen LogP) is 2.07. The van der Waals surface area contributed by atoms with E-state index in [9.17, 15) is 0 Å². The molecule has 0 aliphatic carbocycles. The Kier molecular flexibility index (Phi) is 7.25. The van der Waals surface area contributed by atoms with Gasteiger partial charge in [-0.15, -0.1) is 0 Å². The van der Waals surface area contributed by atoms with Gasteiger partial charge >= 0.3 is 0 Å². The summed E-state index contributed by atoms with van der Waals surface area (Å²) in [4.78, 5) is 8.70. The quantitative estimate of drug-likeness (QED) is 0.436. The fraction of sp³-hybridized carbons (Fsp3) is 0.500. The molecule has 1 heterocycles. The largest absolute Gasteiger partial charge is 0.491 e. The van der Waals surface area contributed by atoms with Gasteiger partial charge in [0.25, 0.3) is 0 Å². The Labute approximate surface area is 149 Å². The van der Waals surface area contributed by atoms with E-state index in [2.05, 4.69) is 45.6 Å². The normalized spacial score (nSPS) is 11.6. The van der Waals surface area contributed by atoms with Crippen LogP contribution in [0.1, 0.15) is 38.1 Å². The first kappa shape index (κ1) is 18.8. The van der Waals surface area contributed by atoms with Crippen molar-refractivity contribution in [2.45, 2.75) is 33.2 Å². The maximum absolute atomic E-state index is 5.92. The van der Waals surface area contributed by atoms with Crippen molar-refractivity contribution in [1.29, 1.82) is 0 Å². The van der Waals surface area contributed by atoms with Gasteiger partial charge in [0, 0.05) is 13.6 Å². The minimum atomic E-state index is 0.439. The number of hydrogen-bond donors (Lipinski definition) is 2. The second-order valence-corrected chi connectivity index (χ2v) is 5.96. The molecule has 0 aliphatic heterocycles. The Bertz CT molecular complexity index is 680. The van der Waals surface area contributed by atoms with Crippen molar-refractivity contribution in [3.8, 4) is 5.75 Å². The number of para-hydroxylation sites is 1. The number of aromatic nitrogens is 3. The summed E-state index contributed by atoms with van der Waals surface area (Å²) < 4.78 is 7.65. The van der Waals surface area contributed by atoms with Gasteiger partial charge in [0.2, 0.25) is 0 Å². The third-order valence-electron chi connectivity index (χ3n) is 3.72. The third-order valence-corrected chi connectivity index (χ3v) is 3.72. The molecule has 1 aromatic heterocycles. The van der Waals surface area contributed by atoms with E-state index < -0.39 is 0 Å². The summed E-state index contributed by atoms with van der Waals surface area (Å²) in [6, 6.07) is 8.17. The van der Waals surface area contributed by atoms with Crippen molar-refractivity contribution in [1.82, 2.24) is 25.4 Å². The number of nitrogens with one attached hydrogen (secondary N) is 2. The van der Waals surface area contributed by atoms with E-state index >= 15 is 0 Å². The van der Waals surface area contributed by atoms with Crippen LogP contribution in [-0.2, 0) is 13.6 Å². The van der Waals surface area contributed by atoms with E-state index in [-0.39, 0.29) is 0 Å². The Balaban J connectivity index is 1.84. The summed E-state index contributed by atoms with van der Waals surface area (Å²) in [5.41, 5.74) is 1.23. The van der Waals surface area contributed by atoms with Crippen LogP contribution in [0.5, 0.6) is 5.75 Å². The topological polar surface area (TPSA) is 76.4 Å². The molecule has 0 atom stereocenters. The van der Waals surface area contributed by atoms with E-state index in [0.29, 0.717) is 25.6 Å². The molecule has 0 aliphatic rings. The lowest BCUT2D eigenvalue weighted by molar-refractivity contribution is 0.317. The number of aliphatic imine (C=N–C) groups is 1. The zero-order valence-electron chi connectivity index (χ0n) is 15.5.